The average molecular weight is 273 g/mol. The summed E-state index contributed by atoms with van der Waals surface area (Å²) in [7, 11) is 0. The van der Waals surface area contributed by atoms with Crippen LogP contribution in [-0.4, -0.2) is 13.3 Å². The predicted octanol–water partition coefficient (Wildman–Crippen LogP) is 3.57. The summed E-state index contributed by atoms with van der Waals surface area (Å²) in [6, 6.07) is 4.97. The van der Waals surface area contributed by atoms with Gasteiger partial charge >= 0.3 is 0 Å². The standard InChI is InChI=1S/C17H23NO2/c1-2-4-6-12(5-3-1)17-14-10-16-15(19-11-20-16)9-13(14)7-8-18-17/h9-10,12,17-18H,1-8,11H2. The summed E-state index contributed by atoms with van der Waals surface area (Å²) in [5, 5.41) is 3.77. The van der Waals surface area contributed by atoms with Crippen molar-refractivity contribution < 1.29 is 9.47 Å². The van der Waals surface area contributed by atoms with Crippen molar-refractivity contribution in [2.24, 2.45) is 5.92 Å². The third-order valence-corrected chi connectivity index (χ3v) is 5.10. The lowest BCUT2D eigenvalue weighted by Crippen LogP contribution is -2.34. The van der Waals surface area contributed by atoms with Crippen LogP contribution in [0.1, 0.15) is 55.7 Å². The summed E-state index contributed by atoms with van der Waals surface area (Å²) >= 11 is 0. The zero-order valence-corrected chi connectivity index (χ0v) is 12.0. The first-order valence-electron chi connectivity index (χ1n) is 8.07. The average Bonchev–Trinajstić information content (AvgIpc) is 2.76. The van der Waals surface area contributed by atoms with Gasteiger partial charge in [0.2, 0.25) is 6.79 Å². The molecule has 1 fully saturated rings. The normalized spacial score (nSPS) is 26.1. The maximum Gasteiger partial charge on any atom is 0.231 e. The number of hydrogen-bond acceptors (Lipinski definition) is 3. The van der Waals surface area contributed by atoms with Crippen molar-refractivity contribution in [3.05, 3.63) is 23.3 Å². The first kappa shape index (κ1) is 12.5. The van der Waals surface area contributed by atoms with Crippen molar-refractivity contribution >= 4 is 0 Å². The minimum Gasteiger partial charge on any atom is -0.454 e. The number of benzene rings is 1. The fraction of sp³-hybridized carbons (Fsp3) is 0.647. The fourth-order valence-electron chi connectivity index (χ4n) is 4.04. The van der Waals surface area contributed by atoms with Gasteiger partial charge in [-0.1, -0.05) is 25.7 Å². The fourth-order valence-corrected chi connectivity index (χ4v) is 4.04. The molecule has 0 amide bonds. The Bertz CT molecular complexity index is 492. The van der Waals surface area contributed by atoms with Crippen molar-refractivity contribution in [3.63, 3.8) is 0 Å². The van der Waals surface area contributed by atoms with Crippen LogP contribution in [0.25, 0.3) is 0 Å². The van der Waals surface area contributed by atoms with Crippen LogP contribution in [0.15, 0.2) is 12.1 Å². The molecular weight excluding hydrogens is 250 g/mol. The largest absolute Gasteiger partial charge is 0.454 e. The Kier molecular flexibility index (Phi) is 3.31. The van der Waals surface area contributed by atoms with Gasteiger partial charge in [0, 0.05) is 6.04 Å². The first-order valence-corrected chi connectivity index (χ1v) is 8.07. The molecular formula is C17H23NO2. The van der Waals surface area contributed by atoms with E-state index in [1.807, 2.05) is 0 Å². The van der Waals surface area contributed by atoms with Gasteiger partial charge < -0.3 is 14.8 Å². The summed E-state index contributed by atoms with van der Waals surface area (Å²) in [5.74, 6) is 2.66. The van der Waals surface area contributed by atoms with Crippen LogP contribution in [0.5, 0.6) is 11.5 Å². The van der Waals surface area contributed by atoms with E-state index >= 15 is 0 Å². The molecule has 0 saturated heterocycles. The molecule has 108 valence electrons. The molecule has 1 aliphatic carbocycles. The highest BCUT2D eigenvalue weighted by Crippen LogP contribution is 2.42. The van der Waals surface area contributed by atoms with Crippen molar-refractivity contribution in [3.8, 4) is 11.5 Å². The van der Waals surface area contributed by atoms with Crippen LogP contribution in [0, 0.1) is 5.92 Å². The van der Waals surface area contributed by atoms with Gasteiger partial charge in [-0.25, -0.2) is 0 Å². The van der Waals surface area contributed by atoms with Crippen molar-refractivity contribution in [1.82, 2.24) is 5.32 Å². The smallest absolute Gasteiger partial charge is 0.231 e. The lowest BCUT2D eigenvalue weighted by atomic mass is 9.82. The molecule has 3 nitrogen and oxygen atoms in total. The van der Waals surface area contributed by atoms with E-state index in [0.717, 1.165) is 30.4 Å². The zero-order chi connectivity index (χ0) is 13.4. The predicted molar refractivity (Wildman–Crippen MR) is 78.2 cm³/mol. The van der Waals surface area contributed by atoms with Gasteiger partial charge in [0.05, 0.1) is 0 Å². The maximum atomic E-state index is 5.57. The molecule has 0 bridgehead atoms. The van der Waals surface area contributed by atoms with E-state index in [2.05, 4.69) is 17.4 Å². The second-order valence-corrected chi connectivity index (χ2v) is 6.34. The lowest BCUT2D eigenvalue weighted by Gasteiger charge is -2.33. The van der Waals surface area contributed by atoms with Crippen molar-refractivity contribution in [2.45, 2.75) is 51.0 Å². The van der Waals surface area contributed by atoms with E-state index in [0.29, 0.717) is 12.8 Å². The van der Waals surface area contributed by atoms with Crippen LogP contribution in [0.2, 0.25) is 0 Å². The minimum atomic E-state index is 0.375. The van der Waals surface area contributed by atoms with E-state index in [4.69, 9.17) is 9.47 Å². The molecule has 0 radical (unpaired) electrons. The Morgan fingerprint density at radius 1 is 0.950 bits per heavy atom. The van der Waals surface area contributed by atoms with Gasteiger partial charge in [0.25, 0.3) is 0 Å². The molecule has 20 heavy (non-hydrogen) atoms. The second-order valence-electron chi connectivity index (χ2n) is 6.34. The van der Waals surface area contributed by atoms with Gasteiger partial charge in [-0.3, -0.25) is 0 Å². The monoisotopic (exact) mass is 273 g/mol. The number of nitrogens with one attached hydrogen (secondary N) is 1. The molecule has 3 heteroatoms. The van der Waals surface area contributed by atoms with Crippen molar-refractivity contribution in [1.29, 1.82) is 0 Å². The molecule has 0 aromatic heterocycles. The summed E-state index contributed by atoms with van der Waals surface area (Å²) in [4.78, 5) is 0. The molecule has 4 rings (SSSR count). The Balaban J connectivity index is 1.66. The van der Waals surface area contributed by atoms with Crippen LogP contribution >= 0.6 is 0 Å². The summed E-state index contributed by atoms with van der Waals surface area (Å²) in [5.41, 5.74) is 2.93. The molecule has 1 saturated carbocycles. The van der Waals surface area contributed by atoms with Crippen LogP contribution in [0.3, 0.4) is 0 Å². The Morgan fingerprint density at radius 2 is 1.70 bits per heavy atom. The topological polar surface area (TPSA) is 30.5 Å². The minimum absolute atomic E-state index is 0.375. The highest BCUT2D eigenvalue weighted by atomic mass is 16.7. The lowest BCUT2D eigenvalue weighted by molar-refractivity contribution is 0.174. The van der Waals surface area contributed by atoms with E-state index in [-0.39, 0.29) is 0 Å². The van der Waals surface area contributed by atoms with Crippen LogP contribution < -0.4 is 14.8 Å². The molecule has 3 aliphatic rings. The Labute approximate surface area is 120 Å². The first-order chi connectivity index (χ1) is 9.92. The third-order valence-electron chi connectivity index (χ3n) is 5.10. The molecule has 2 heterocycles. The van der Waals surface area contributed by atoms with Crippen LogP contribution in [-0.2, 0) is 6.42 Å². The van der Waals surface area contributed by atoms with E-state index in [1.165, 1.54) is 49.7 Å². The maximum absolute atomic E-state index is 5.57. The van der Waals surface area contributed by atoms with E-state index in [1.54, 1.807) is 0 Å². The molecule has 1 N–H and O–H groups in total. The quantitative estimate of drug-likeness (QED) is 0.793. The highest BCUT2D eigenvalue weighted by molar-refractivity contribution is 5.50. The molecule has 0 spiro atoms. The number of ether oxygens (including phenoxy) is 2. The van der Waals surface area contributed by atoms with Gasteiger partial charge in [-0.2, -0.15) is 0 Å². The Morgan fingerprint density at radius 3 is 2.50 bits per heavy atom. The van der Waals surface area contributed by atoms with Gasteiger partial charge in [0.15, 0.2) is 11.5 Å². The number of hydrogen-bond donors (Lipinski definition) is 1. The number of rotatable bonds is 1. The summed E-state index contributed by atoms with van der Waals surface area (Å²) in [6.45, 7) is 1.47. The summed E-state index contributed by atoms with van der Waals surface area (Å²) in [6.07, 6.45) is 9.45. The molecule has 1 aromatic rings. The SMILES string of the molecule is c1c2c(cc3c1OCO3)C(C1CCCCCC1)NCC2. The third kappa shape index (κ3) is 2.18. The molecule has 2 aliphatic heterocycles. The molecule has 1 unspecified atom stereocenters. The number of fused-ring (bicyclic) bond motifs is 2. The molecule has 1 atom stereocenters. The van der Waals surface area contributed by atoms with Crippen LogP contribution in [0.4, 0.5) is 0 Å². The van der Waals surface area contributed by atoms with Gasteiger partial charge in [0.1, 0.15) is 0 Å². The van der Waals surface area contributed by atoms with Gasteiger partial charge in [-0.15, -0.1) is 0 Å². The second kappa shape index (κ2) is 5.28. The highest BCUT2D eigenvalue weighted by Gasteiger charge is 2.30. The van der Waals surface area contributed by atoms with E-state index in [9.17, 15) is 0 Å². The molecule has 1 aromatic carbocycles. The van der Waals surface area contributed by atoms with Crippen molar-refractivity contribution in [2.75, 3.05) is 13.3 Å². The zero-order valence-electron chi connectivity index (χ0n) is 12.0. The van der Waals surface area contributed by atoms with Gasteiger partial charge in [-0.05, 0) is 55.0 Å². The summed E-state index contributed by atoms with van der Waals surface area (Å²) < 4.78 is 11.1. The van der Waals surface area contributed by atoms with E-state index < -0.39 is 0 Å². The Hall–Kier alpha value is -1.22.